The Morgan fingerprint density at radius 2 is 1.78 bits per heavy atom. The van der Waals surface area contributed by atoms with E-state index in [0.717, 1.165) is 37.6 Å². The molecule has 2 aromatic rings. The summed E-state index contributed by atoms with van der Waals surface area (Å²) >= 11 is 0. The van der Waals surface area contributed by atoms with Crippen LogP contribution in [0.5, 0.6) is 0 Å². The summed E-state index contributed by atoms with van der Waals surface area (Å²) in [7, 11) is 2.07. The normalized spacial score (nSPS) is 14.9. The summed E-state index contributed by atoms with van der Waals surface area (Å²) in [5, 5.41) is 3.13. The lowest BCUT2D eigenvalue weighted by atomic mass is 10.1. The fourth-order valence-corrected chi connectivity index (χ4v) is 3.06. The van der Waals surface area contributed by atoms with Gasteiger partial charge in [-0.05, 0) is 44.7 Å². The van der Waals surface area contributed by atoms with Crippen LogP contribution >= 0.6 is 0 Å². The van der Waals surface area contributed by atoms with Crippen molar-refractivity contribution in [3.05, 3.63) is 47.3 Å². The van der Waals surface area contributed by atoms with Crippen LogP contribution in [0.15, 0.2) is 30.5 Å². The first-order valence-corrected chi connectivity index (χ1v) is 9.19. The molecule has 1 aromatic heterocycles. The average Bonchev–Trinajstić information content (AvgIpc) is 2.68. The van der Waals surface area contributed by atoms with Gasteiger partial charge in [0.15, 0.2) is 5.78 Å². The Morgan fingerprint density at radius 3 is 2.37 bits per heavy atom. The number of ketones is 1. The summed E-state index contributed by atoms with van der Waals surface area (Å²) in [6, 6.07) is 7.32. The largest absolute Gasteiger partial charge is 0.336 e. The van der Waals surface area contributed by atoms with Crippen molar-refractivity contribution in [2.45, 2.75) is 20.3 Å². The van der Waals surface area contributed by atoms with Crippen molar-refractivity contribution in [2.24, 2.45) is 0 Å². The van der Waals surface area contributed by atoms with E-state index in [4.69, 9.17) is 0 Å². The first-order chi connectivity index (χ1) is 13.0. The molecule has 0 saturated carbocycles. The monoisotopic (exact) mass is 367 g/mol. The molecular formula is C20H25N5O2. The molecule has 1 aromatic carbocycles. The molecule has 7 heteroatoms. The molecule has 2 heterocycles. The molecule has 142 valence electrons. The Hall–Kier alpha value is -2.80. The summed E-state index contributed by atoms with van der Waals surface area (Å²) in [5.41, 5.74) is 2.74. The van der Waals surface area contributed by atoms with Crippen LogP contribution in [0.3, 0.4) is 0 Å². The number of rotatable bonds is 5. The van der Waals surface area contributed by atoms with Gasteiger partial charge in [0.1, 0.15) is 0 Å². The predicted octanol–water partition coefficient (Wildman–Crippen LogP) is 2.37. The molecule has 7 nitrogen and oxygen atoms in total. The highest BCUT2D eigenvalue weighted by Gasteiger charge is 2.20. The number of carbonyl (C=O) groups is 2. The number of hydrogen-bond donors (Lipinski definition) is 1. The number of aromatic nitrogens is 2. The van der Waals surface area contributed by atoms with Gasteiger partial charge in [-0.3, -0.25) is 9.59 Å². The first kappa shape index (κ1) is 19.0. The Morgan fingerprint density at radius 1 is 1.11 bits per heavy atom. The molecular weight excluding hydrogens is 342 g/mol. The smallest absolute Gasteiger partial charge is 0.253 e. The Bertz CT molecular complexity index is 827. The maximum Gasteiger partial charge on any atom is 0.253 e. The van der Waals surface area contributed by atoms with Gasteiger partial charge < -0.3 is 15.1 Å². The van der Waals surface area contributed by atoms with E-state index < -0.39 is 0 Å². The zero-order chi connectivity index (χ0) is 19.4. The number of carbonyl (C=O) groups excluding carboxylic acids is 2. The summed E-state index contributed by atoms with van der Waals surface area (Å²) in [4.78, 5) is 36.9. The maximum atomic E-state index is 12.6. The molecule has 1 aliphatic rings. The summed E-state index contributed by atoms with van der Waals surface area (Å²) in [6.07, 6.45) is 2.21. The van der Waals surface area contributed by atoms with Crippen LogP contribution in [-0.2, 0) is 6.42 Å². The van der Waals surface area contributed by atoms with Gasteiger partial charge in [-0.1, -0.05) is 6.92 Å². The quantitative estimate of drug-likeness (QED) is 0.818. The number of benzene rings is 1. The van der Waals surface area contributed by atoms with E-state index in [-0.39, 0.29) is 11.7 Å². The summed E-state index contributed by atoms with van der Waals surface area (Å²) in [6.45, 7) is 6.78. The third-order valence-corrected chi connectivity index (χ3v) is 4.76. The van der Waals surface area contributed by atoms with E-state index in [1.807, 2.05) is 36.1 Å². The second kappa shape index (κ2) is 8.26. The molecule has 0 atom stereocenters. The van der Waals surface area contributed by atoms with Gasteiger partial charge in [0, 0.05) is 43.6 Å². The van der Waals surface area contributed by atoms with Crippen LogP contribution in [0.2, 0.25) is 0 Å². The molecule has 0 bridgehead atoms. The zero-order valence-corrected chi connectivity index (χ0v) is 16.0. The standard InChI is InChI=1S/C20H25N5O2/c1-4-18-17(14(2)26)13-21-20(23-18)22-16-7-5-15(6-8-16)19(27)25-11-9-24(3)10-12-25/h5-8,13H,4,9-12H2,1-3H3,(H,21,22,23). The lowest BCUT2D eigenvalue weighted by Gasteiger charge is -2.32. The van der Waals surface area contributed by atoms with Gasteiger partial charge in [0.2, 0.25) is 5.95 Å². The summed E-state index contributed by atoms with van der Waals surface area (Å²) in [5.74, 6) is 0.463. The van der Waals surface area contributed by atoms with Gasteiger partial charge in [-0.15, -0.1) is 0 Å². The lowest BCUT2D eigenvalue weighted by molar-refractivity contribution is 0.0664. The SMILES string of the molecule is CCc1nc(Nc2ccc(C(=O)N3CCN(C)CC3)cc2)ncc1C(C)=O. The second-order valence-corrected chi connectivity index (χ2v) is 6.76. The fraction of sp³-hybridized carbons (Fsp3) is 0.400. The zero-order valence-electron chi connectivity index (χ0n) is 16.0. The van der Waals surface area contributed by atoms with Crippen LogP contribution in [0.25, 0.3) is 0 Å². The summed E-state index contributed by atoms with van der Waals surface area (Å²) < 4.78 is 0. The predicted molar refractivity (Wildman–Crippen MR) is 105 cm³/mol. The van der Waals surface area contributed by atoms with Crippen LogP contribution in [0.4, 0.5) is 11.6 Å². The van der Waals surface area contributed by atoms with Crippen LogP contribution in [0.1, 0.15) is 40.3 Å². The van der Waals surface area contributed by atoms with Gasteiger partial charge in [0.05, 0.1) is 11.3 Å². The number of Topliss-reactive ketones (excluding diaryl/α,β-unsaturated/α-hetero) is 1. The molecule has 0 aliphatic carbocycles. The van der Waals surface area contributed by atoms with Crippen LogP contribution in [-0.4, -0.2) is 64.7 Å². The van der Waals surface area contributed by atoms with Crippen molar-refractivity contribution in [2.75, 3.05) is 38.5 Å². The van der Waals surface area contributed by atoms with Crippen LogP contribution in [0, 0.1) is 0 Å². The Labute approximate surface area is 159 Å². The highest BCUT2D eigenvalue weighted by atomic mass is 16.2. The molecule has 0 radical (unpaired) electrons. The second-order valence-electron chi connectivity index (χ2n) is 6.76. The van der Waals surface area contributed by atoms with Crippen molar-refractivity contribution in [1.82, 2.24) is 19.8 Å². The molecule has 1 amide bonds. The molecule has 27 heavy (non-hydrogen) atoms. The van der Waals surface area contributed by atoms with E-state index in [1.54, 1.807) is 6.20 Å². The van der Waals surface area contributed by atoms with Crippen LogP contribution < -0.4 is 5.32 Å². The van der Waals surface area contributed by atoms with E-state index in [0.29, 0.717) is 23.5 Å². The molecule has 1 aliphatic heterocycles. The topological polar surface area (TPSA) is 78.4 Å². The van der Waals surface area contributed by atoms with Gasteiger partial charge in [-0.25, -0.2) is 9.97 Å². The number of hydrogen-bond acceptors (Lipinski definition) is 6. The molecule has 0 spiro atoms. The Balaban J connectivity index is 1.69. The van der Waals surface area contributed by atoms with Crippen molar-refractivity contribution in [1.29, 1.82) is 0 Å². The number of piperazine rings is 1. The molecule has 1 fully saturated rings. The van der Waals surface area contributed by atoms with E-state index in [1.165, 1.54) is 6.92 Å². The highest BCUT2D eigenvalue weighted by Crippen LogP contribution is 2.17. The van der Waals surface area contributed by atoms with Gasteiger partial charge in [0.25, 0.3) is 5.91 Å². The highest BCUT2D eigenvalue weighted by molar-refractivity contribution is 5.95. The number of nitrogens with one attached hydrogen (secondary N) is 1. The van der Waals surface area contributed by atoms with Crippen molar-refractivity contribution in [3.63, 3.8) is 0 Å². The van der Waals surface area contributed by atoms with Gasteiger partial charge in [-0.2, -0.15) is 0 Å². The lowest BCUT2D eigenvalue weighted by Crippen LogP contribution is -2.47. The Kier molecular flexibility index (Phi) is 5.81. The van der Waals surface area contributed by atoms with E-state index in [9.17, 15) is 9.59 Å². The molecule has 0 unspecified atom stereocenters. The number of likely N-dealkylation sites (N-methyl/N-ethyl adjacent to an activating group) is 1. The third kappa shape index (κ3) is 4.49. The van der Waals surface area contributed by atoms with Crippen molar-refractivity contribution < 1.29 is 9.59 Å². The minimum Gasteiger partial charge on any atom is -0.336 e. The van der Waals surface area contributed by atoms with E-state index in [2.05, 4.69) is 27.2 Å². The number of nitrogens with zero attached hydrogens (tertiary/aromatic N) is 4. The minimum absolute atomic E-state index is 0.0369. The molecule has 3 rings (SSSR count). The average molecular weight is 367 g/mol. The third-order valence-electron chi connectivity index (χ3n) is 4.76. The number of aryl methyl sites for hydroxylation is 1. The minimum atomic E-state index is -0.0369. The number of amides is 1. The number of anilines is 2. The first-order valence-electron chi connectivity index (χ1n) is 9.19. The van der Waals surface area contributed by atoms with Crippen molar-refractivity contribution >= 4 is 23.3 Å². The molecule has 1 N–H and O–H groups in total. The van der Waals surface area contributed by atoms with Crippen molar-refractivity contribution in [3.8, 4) is 0 Å². The molecule has 1 saturated heterocycles. The fourth-order valence-electron chi connectivity index (χ4n) is 3.06. The van der Waals surface area contributed by atoms with E-state index >= 15 is 0 Å². The maximum absolute atomic E-state index is 12.6. The van der Waals surface area contributed by atoms with Gasteiger partial charge >= 0.3 is 0 Å².